The van der Waals surface area contributed by atoms with Crippen molar-refractivity contribution in [3.05, 3.63) is 54.4 Å². The fourth-order valence-corrected chi connectivity index (χ4v) is 2.94. The van der Waals surface area contributed by atoms with Crippen molar-refractivity contribution in [1.29, 1.82) is 0 Å². The molecule has 2 heterocycles. The average Bonchev–Trinajstić information content (AvgIpc) is 3.11. The Morgan fingerprint density at radius 3 is 2.79 bits per heavy atom. The highest BCUT2D eigenvalue weighted by atomic mass is 32.2. The summed E-state index contributed by atoms with van der Waals surface area (Å²) < 4.78 is 6.45. The lowest BCUT2D eigenvalue weighted by atomic mass is 10.3. The monoisotopic (exact) mass is 412 g/mol. The number of rotatable bonds is 8. The Morgan fingerprint density at radius 1 is 1.24 bits per heavy atom. The summed E-state index contributed by atoms with van der Waals surface area (Å²) in [6.07, 6.45) is 1.69. The van der Waals surface area contributed by atoms with E-state index in [0.717, 1.165) is 17.5 Å². The molecule has 4 N–H and O–H groups in total. The molecule has 0 aliphatic heterocycles. The quantitative estimate of drug-likeness (QED) is 0.221. The molecule has 0 spiro atoms. The molecule has 11 heteroatoms. The second kappa shape index (κ2) is 9.55. The second-order valence-electron chi connectivity index (χ2n) is 5.74. The van der Waals surface area contributed by atoms with E-state index in [1.807, 2.05) is 37.3 Å². The first-order chi connectivity index (χ1) is 14.1. The summed E-state index contributed by atoms with van der Waals surface area (Å²) in [5.74, 6) is 6.69. The summed E-state index contributed by atoms with van der Waals surface area (Å²) in [6, 6.07) is 12.7. The number of carbonyl (C=O) groups excluding carboxylic acids is 1. The molecule has 0 aliphatic rings. The van der Waals surface area contributed by atoms with E-state index in [2.05, 4.69) is 31.0 Å². The number of nitrogens with zero attached hydrogens (tertiary/aromatic N) is 5. The van der Waals surface area contributed by atoms with Gasteiger partial charge in [0, 0.05) is 6.20 Å². The van der Waals surface area contributed by atoms with E-state index in [9.17, 15) is 4.79 Å². The highest BCUT2D eigenvalue weighted by molar-refractivity contribution is 7.99. The first-order valence-corrected chi connectivity index (χ1v) is 9.55. The number of aromatic nitrogens is 4. The third-order valence-electron chi connectivity index (χ3n) is 3.74. The van der Waals surface area contributed by atoms with Gasteiger partial charge in [0.25, 0.3) is 5.95 Å². The van der Waals surface area contributed by atoms with Crippen LogP contribution in [0.4, 0.5) is 11.6 Å². The topological polar surface area (TPSA) is 132 Å². The van der Waals surface area contributed by atoms with E-state index < -0.39 is 0 Å². The van der Waals surface area contributed by atoms with Crippen LogP contribution in [0.2, 0.25) is 0 Å². The zero-order valence-electron chi connectivity index (χ0n) is 15.9. The van der Waals surface area contributed by atoms with Crippen LogP contribution in [0, 0.1) is 0 Å². The Balaban J connectivity index is 1.57. The summed E-state index contributed by atoms with van der Waals surface area (Å²) in [6.45, 7) is 1.81. The van der Waals surface area contributed by atoms with E-state index in [4.69, 9.17) is 10.6 Å². The summed E-state index contributed by atoms with van der Waals surface area (Å²) in [5, 5.41) is 15.3. The molecule has 0 saturated heterocycles. The summed E-state index contributed by atoms with van der Waals surface area (Å²) >= 11 is 1.15. The number of para-hydroxylation sites is 2. The van der Waals surface area contributed by atoms with Crippen LogP contribution in [-0.4, -0.2) is 44.3 Å². The Kier molecular flexibility index (Phi) is 6.63. The number of hydrogen-bond acceptors (Lipinski definition) is 9. The first kappa shape index (κ1) is 20.1. The van der Waals surface area contributed by atoms with Crippen molar-refractivity contribution in [2.24, 2.45) is 5.10 Å². The number of nitrogen functional groups attached to an aromatic ring is 1. The second-order valence-corrected chi connectivity index (χ2v) is 6.68. The molecule has 0 atom stereocenters. The Labute approximate surface area is 171 Å². The van der Waals surface area contributed by atoms with E-state index >= 15 is 0 Å². The minimum Gasteiger partial charge on any atom is -0.495 e. The molecule has 29 heavy (non-hydrogen) atoms. The predicted molar refractivity (Wildman–Crippen MR) is 113 cm³/mol. The van der Waals surface area contributed by atoms with Crippen molar-refractivity contribution in [2.75, 3.05) is 29.4 Å². The normalized spacial score (nSPS) is 11.2. The fourth-order valence-electron chi connectivity index (χ4n) is 2.28. The van der Waals surface area contributed by atoms with Gasteiger partial charge in [0.2, 0.25) is 11.1 Å². The minimum absolute atomic E-state index is 0.101. The average molecular weight is 412 g/mol. The van der Waals surface area contributed by atoms with Gasteiger partial charge in [-0.1, -0.05) is 30.0 Å². The van der Waals surface area contributed by atoms with E-state index in [1.165, 1.54) is 4.68 Å². The molecule has 0 fully saturated rings. The molecule has 3 rings (SSSR count). The van der Waals surface area contributed by atoms with Crippen LogP contribution in [-0.2, 0) is 4.79 Å². The molecule has 1 amide bonds. The lowest BCUT2D eigenvalue weighted by Crippen LogP contribution is -2.17. The van der Waals surface area contributed by atoms with Crippen molar-refractivity contribution in [2.45, 2.75) is 12.1 Å². The van der Waals surface area contributed by atoms with Gasteiger partial charge in [0.1, 0.15) is 5.75 Å². The number of anilines is 2. The Hall–Kier alpha value is -3.60. The van der Waals surface area contributed by atoms with E-state index in [-0.39, 0.29) is 17.6 Å². The van der Waals surface area contributed by atoms with E-state index in [0.29, 0.717) is 22.3 Å². The zero-order chi connectivity index (χ0) is 20.6. The highest BCUT2D eigenvalue weighted by Gasteiger charge is 2.13. The van der Waals surface area contributed by atoms with Gasteiger partial charge < -0.3 is 15.9 Å². The number of hydrazone groups is 1. The number of nitrogens with two attached hydrogens (primary N) is 1. The SMILES string of the molecule is COc1ccccc1NC(=O)CSc1nnc(N/N=C(\C)c2ccccn2)n1N. The molecular weight excluding hydrogens is 392 g/mol. The number of nitrogens with one attached hydrogen (secondary N) is 2. The molecule has 0 saturated carbocycles. The maximum atomic E-state index is 12.2. The van der Waals surface area contributed by atoms with Crippen molar-refractivity contribution >= 4 is 35.0 Å². The van der Waals surface area contributed by atoms with Gasteiger partial charge in [-0.25, -0.2) is 10.1 Å². The molecule has 10 nitrogen and oxygen atoms in total. The van der Waals surface area contributed by atoms with Crippen LogP contribution in [0.3, 0.4) is 0 Å². The molecule has 3 aromatic rings. The standard InChI is InChI=1S/C18H20N8O2S/c1-12(13-7-5-6-10-20-13)22-23-17-24-25-18(26(17)19)29-11-16(27)21-14-8-3-4-9-15(14)28-2/h3-10H,11,19H2,1-2H3,(H,21,27)(H,23,24)/b22-12+. The lowest BCUT2D eigenvalue weighted by Gasteiger charge is -2.09. The van der Waals surface area contributed by atoms with Crippen LogP contribution in [0.5, 0.6) is 5.75 Å². The number of thioether (sulfide) groups is 1. The van der Waals surface area contributed by atoms with Gasteiger partial charge >= 0.3 is 0 Å². The largest absolute Gasteiger partial charge is 0.495 e. The van der Waals surface area contributed by atoms with Crippen molar-refractivity contribution in [3.63, 3.8) is 0 Å². The van der Waals surface area contributed by atoms with Gasteiger partial charge in [0.05, 0.1) is 30.0 Å². The zero-order valence-corrected chi connectivity index (χ0v) is 16.7. The number of hydrogen-bond donors (Lipinski definition) is 3. The van der Waals surface area contributed by atoms with Crippen LogP contribution >= 0.6 is 11.8 Å². The number of methoxy groups -OCH3 is 1. The summed E-state index contributed by atoms with van der Waals surface area (Å²) in [5.41, 5.74) is 4.74. The smallest absolute Gasteiger partial charge is 0.264 e. The van der Waals surface area contributed by atoms with Crippen LogP contribution < -0.4 is 21.3 Å². The van der Waals surface area contributed by atoms with Gasteiger partial charge in [-0.3, -0.25) is 9.78 Å². The molecule has 0 aliphatic carbocycles. The number of benzene rings is 1. The van der Waals surface area contributed by atoms with Gasteiger partial charge in [-0.2, -0.15) is 5.10 Å². The Morgan fingerprint density at radius 2 is 2.03 bits per heavy atom. The lowest BCUT2D eigenvalue weighted by molar-refractivity contribution is -0.113. The third-order valence-corrected chi connectivity index (χ3v) is 4.68. The van der Waals surface area contributed by atoms with Crippen LogP contribution in [0.25, 0.3) is 0 Å². The van der Waals surface area contributed by atoms with Crippen molar-refractivity contribution in [3.8, 4) is 5.75 Å². The van der Waals surface area contributed by atoms with Gasteiger partial charge in [-0.15, -0.1) is 10.2 Å². The van der Waals surface area contributed by atoms with Crippen molar-refractivity contribution < 1.29 is 9.53 Å². The number of ether oxygens (including phenoxy) is 1. The first-order valence-electron chi connectivity index (χ1n) is 8.56. The number of carbonyl (C=O) groups is 1. The van der Waals surface area contributed by atoms with Crippen LogP contribution in [0.1, 0.15) is 12.6 Å². The molecule has 150 valence electrons. The summed E-state index contributed by atoms with van der Waals surface area (Å²) in [7, 11) is 1.54. The van der Waals surface area contributed by atoms with Gasteiger partial charge in [-0.05, 0) is 31.2 Å². The number of amides is 1. The number of pyridine rings is 1. The van der Waals surface area contributed by atoms with Gasteiger partial charge in [0.15, 0.2) is 0 Å². The van der Waals surface area contributed by atoms with Crippen LogP contribution in [0.15, 0.2) is 58.9 Å². The molecule has 2 aromatic heterocycles. The minimum atomic E-state index is -0.221. The Bertz CT molecular complexity index is 1010. The summed E-state index contributed by atoms with van der Waals surface area (Å²) in [4.78, 5) is 16.4. The molecular formula is C18H20N8O2S. The van der Waals surface area contributed by atoms with Crippen molar-refractivity contribution in [1.82, 2.24) is 19.9 Å². The molecule has 0 bridgehead atoms. The predicted octanol–water partition coefficient (Wildman–Crippen LogP) is 1.96. The molecule has 0 unspecified atom stereocenters. The van der Waals surface area contributed by atoms with E-state index in [1.54, 1.807) is 25.4 Å². The fraction of sp³-hybridized carbons (Fsp3) is 0.167. The maximum absolute atomic E-state index is 12.2. The molecule has 0 radical (unpaired) electrons. The molecule has 1 aromatic carbocycles. The maximum Gasteiger partial charge on any atom is 0.264 e. The highest BCUT2D eigenvalue weighted by Crippen LogP contribution is 2.24. The third kappa shape index (κ3) is 5.23.